The van der Waals surface area contributed by atoms with Crippen molar-refractivity contribution < 1.29 is 4.39 Å². The molecule has 1 heterocycles. The van der Waals surface area contributed by atoms with E-state index in [9.17, 15) is 4.39 Å². The SMILES string of the molecule is Fc1cc(Br)cc2nc(Br)sc12. The van der Waals surface area contributed by atoms with Crippen molar-refractivity contribution in [3.63, 3.8) is 0 Å². The first kappa shape index (κ1) is 8.59. The highest BCUT2D eigenvalue weighted by Gasteiger charge is 2.07. The summed E-state index contributed by atoms with van der Waals surface area (Å²) in [7, 11) is 0. The van der Waals surface area contributed by atoms with Gasteiger partial charge in [0, 0.05) is 4.47 Å². The monoisotopic (exact) mass is 309 g/mol. The fraction of sp³-hybridized carbons (Fsp3) is 0. The first-order chi connectivity index (χ1) is 5.66. The van der Waals surface area contributed by atoms with Gasteiger partial charge in [-0.25, -0.2) is 9.37 Å². The molecule has 2 rings (SSSR count). The van der Waals surface area contributed by atoms with Crippen molar-refractivity contribution in [1.29, 1.82) is 0 Å². The van der Waals surface area contributed by atoms with Gasteiger partial charge < -0.3 is 0 Å². The molecule has 1 aromatic heterocycles. The van der Waals surface area contributed by atoms with Crippen LogP contribution in [-0.2, 0) is 0 Å². The molecule has 0 saturated heterocycles. The van der Waals surface area contributed by atoms with Crippen LogP contribution in [0.4, 0.5) is 4.39 Å². The van der Waals surface area contributed by atoms with Gasteiger partial charge in [-0.2, -0.15) is 0 Å². The highest BCUT2D eigenvalue weighted by Crippen LogP contribution is 2.30. The van der Waals surface area contributed by atoms with E-state index >= 15 is 0 Å². The van der Waals surface area contributed by atoms with Crippen LogP contribution in [-0.4, -0.2) is 4.98 Å². The molecule has 0 atom stereocenters. The van der Waals surface area contributed by atoms with E-state index in [1.807, 2.05) is 0 Å². The molecule has 0 aliphatic carbocycles. The largest absolute Gasteiger partial charge is 0.229 e. The average Bonchev–Trinajstić information content (AvgIpc) is 2.29. The van der Waals surface area contributed by atoms with E-state index in [0.717, 1.165) is 0 Å². The van der Waals surface area contributed by atoms with Crippen molar-refractivity contribution in [2.45, 2.75) is 0 Å². The minimum atomic E-state index is -0.234. The average molecular weight is 311 g/mol. The molecular weight excluding hydrogens is 309 g/mol. The van der Waals surface area contributed by atoms with Gasteiger partial charge in [-0.15, -0.1) is 11.3 Å². The number of hydrogen-bond donors (Lipinski definition) is 0. The summed E-state index contributed by atoms with van der Waals surface area (Å²) in [5, 5.41) is 0. The number of fused-ring (bicyclic) bond motifs is 1. The lowest BCUT2D eigenvalue weighted by Crippen LogP contribution is -1.74. The van der Waals surface area contributed by atoms with Crippen molar-refractivity contribution in [1.82, 2.24) is 4.98 Å². The van der Waals surface area contributed by atoms with E-state index in [-0.39, 0.29) is 5.82 Å². The lowest BCUT2D eigenvalue weighted by molar-refractivity contribution is 0.641. The smallest absolute Gasteiger partial charge is 0.160 e. The molecule has 0 bridgehead atoms. The minimum Gasteiger partial charge on any atom is -0.229 e. The Labute approximate surface area is 88.9 Å². The molecule has 5 heteroatoms. The standard InChI is InChI=1S/C7H2Br2FNS/c8-3-1-4(10)6-5(2-3)11-7(9)12-6/h1-2H. The van der Waals surface area contributed by atoms with Gasteiger partial charge in [-0.3, -0.25) is 0 Å². The lowest BCUT2D eigenvalue weighted by atomic mass is 10.3. The first-order valence-corrected chi connectivity index (χ1v) is 5.48. The van der Waals surface area contributed by atoms with Gasteiger partial charge in [0.05, 0.1) is 10.2 Å². The fourth-order valence-electron chi connectivity index (χ4n) is 0.933. The molecule has 0 unspecified atom stereocenters. The maximum absolute atomic E-state index is 13.2. The Balaban J connectivity index is 2.88. The zero-order chi connectivity index (χ0) is 8.72. The third kappa shape index (κ3) is 1.41. The van der Waals surface area contributed by atoms with Crippen LogP contribution >= 0.6 is 43.2 Å². The Morgan fingerprint density at radius 1 is 1.33 bits per heavy atom. The molecule has 0 spiro atoms. The highest BCUT2D eigenvalue weighted by molar-refractivity contribution is 9.11. The second-order valence-electron chi connectivity index (χ2n) is 2.20. The summed E-state index contributed by atoms with van der Waals surface area (Å²) in [6.07, 6.45) is 0. The van der Waals surface area contributed by atoms with Crippen molar-refractivity contribution >= 4 is 53.4 Å². The molecule has 12 heavy (non-hydrogen) atoms. The van der Waals surface area contributed by atoms with Gasteiger partial charge in [-0.1, -0.05) is 15.9 Å². The van der Waals surface area contributed by atoms with Gasteiger partial charge in [0.2, 0.25) is 0 Å². The summed E-state index contributed by atoms with van der Waals surface area (Å²) in [5.74, 6) is -0.234. The van der Waals surface area contributed by atoms with Crippen LogP contribution in [0.3, 0.4) is 0 Å². The summed E-state index contributed by atoms with van der Waals surface area (Å²) >= 11 is 7.71. The number of nitrogens with zero attached hydrogens (tertiary/aromatic N) is 1. The van der Waals surface area contributed by atoms with Crippen LogP contribution in [0.15, 0.2) is 20.5 Å². The van der Waals surface area contributed by atoms with Gasteiger partial charge in [0.15, 0.2) is 3.92 Å². The summed E-state index contributed by atoms with van der Waals surface area (Å²) < 4.78 is 15.2. The molecule has 62 valence electrons. The molecule has 2 aromatic rings. The van der Waals surface area contributed by atoms with Crippen LogP contribution in [0.5, 0.6) is 0 Å². The van der Waals surface area contributed by atoms with E-state index in [0.29, 0.717) is 18.6 Å². The topological polar surface area (TPSA) is 12.9 Å². The van der Waals surface area contributed by atoms with Crippen LogP contribution in [0.2, 0.25) is 0 Å². The van der Waals surface area contributed by atoms with Crippen molar-refractivity contribution in [2.24, 2.45) is 0 Å². The molecule has 1 nitrogen and oxygen atoms in total. The molecule has 0 saturated carbocycles. The molecule has 0 aliphatic rings. The summed E-state index contributed by atoms with van der Waals surface area (Å²) in [6, 6.07) is 3.23. The Kier molecular flexibility index (Phi) is 2.18. The van der Waals surface area contributed by atoms with Crippen molar-refractivity contribution in [3.8, 4) is 0 Å². The summed E-state index contributed by atoms with van der Waals surface area (Å²) in [5.41, 5.74) is 0.679. The van der Waals surface area contributed by atoms with Gasteiger partial charge in [-0.05, 0) is 28.1 Å². The number of thiazole rings is 1. The normalized spacial score (nSPS) is 10.9. The maximum atomic E-state index is 13.2. The van der Waals surface area contributed by atoms with E-state index in [2.05, 4.69) is 36.8 Å². The summed E-state index contributed by atoms with van der Waals surface area (Å²) in [4.78, 5) is 4.10. The predicted molar refractivity (Wildman–Crippen MR) is 55.0 cm³/mol. The second-order valence-corrected chi connectivity index (χ2v) is 5.39. The van der Waals surface area contributed by atoms with Crippen LogP contribution in [0.1, 0.15) is 0 Å². The fourth-order valence-corrected chi connectivity index (χ4v) is 2.71. The number of benzene rings is 1. The van der Waals surface area contributed by atoms with E-state index < -0.39 is 0 Å². The molecule has 0 N–H and O–H groups in total. The highest BCUT2D eigenvalue weighted by atomic mass is 79.9. The van der Waals surface area contributed by atoms with Crippen LogP contribution in [0.25, 0.3) is 10.2 Å². The molecule has 0 fully saturated rings. The van der Waals surface area contributed by atoms with Crippen LogP contribution < -0.4 is 0 Å². The maximum Gasteiger partial charge on any atom is 0.160 e. The Hall–Kier alpha value is -0.0000000000000000833. The Morgan fingerprint density at radius 2 is 2.08 bits per heavy atom. The number of aromatic nitrogens is 1. The Bertz CT molecular complexity index is 440. The molecular formula is C7H2Br2FNS. The minimum absolute atomic E-state index is 0.234. The van der Waals surface area contributed by atoms with Crippen molar-refractivity contribution in [3.05, 3.63) is 26.3 Å². The predicted octanol–water partition coefficient (Wildman–Crippen LogP) is 3.96. The van der Waals surface area contributed by atoms with Crippen LogP contribution in [0, 0.1) is 5.82 Å². The Morgan fingerprint density at radius 3 is 2.83 bits per heavy atom. The third-order valence-corrected chi connectivity index (χ3v) is 3.37. The lowest BCUT2D eigenvalue weighted by Gasteiger charge is -1.91. The number of rotatable bonds is 0. The number of halogens is 3. The van der Waals surface area contributed by atoms with Gasteiger partial charge in [0.1, 0.15) is 5.82 Å². The van der Waals surface area contributed by atoms with Gasteiger partial charge >= 0.3 is 0 Å². The third-order valence-electron chi connectivity index (χ3n) is 1.38. The number of hydrogen-bond acceptors (Lipinski definition) is 2. The summed E-state index contributed by atoms with van der Waals surface area (Å²) in [6.45, 7) is 0. The zero-order valence-corrected chi connectivity index (χ0v) is 9.63. The molecule has 0 radical (unpaired) electrons. The van der Waals surface area contributed by atoms with E-state index in [1.165, 1.54) is 17.4 Å². The molecule has 0 amide bonds. The van der Waals surface area contributed by atoms with Gasteiger partial charge in [0.25, 0.3) is 0 Å². The van der Waals surface area contributed by atoms with E-state index in [1.54, 1.807) is 6.07 Å². The molecule has 0 aliphatic heterocycles. The van der Waals surface area contributed by atoms with Crippen molar-refractivity contribution in [2.75, 3.05) is 0 Å². The first-order valence-electron chi connectivity index (χ1n) is 3.08. The molecule has 1 aromatic carbocycles. The second kappa shape index (κ2) is 3.05. The zero-order valence-electron chi connectivity index (χ0n) is 5.64. The van der Waals surface area contributed by atoms with E-state index in [4.69, 9.17) is 0 Å². The quantitative estimate of drug-likeness (QED) is 0.718.